The van der Waals surface area contributed by atoms with Gasteiger partial charge in [-0.25, -0.2) is 17.1 Å². The molecule has 3 rings (SSSR count). The molecule has 1 aliphatic rings. The molecular weight excluding hydrogens is 347 g/mol. The molecule has 0 spiro atoms. The van der Waals surface area contributed by atoms with Crippen LogP contribution in [0.4, 0.5) is 4.39 Å². The van der Waals surface area contributed by atoms with Gasteiger partial charge in [-0.3, -0.25) is 4.99 Å². The standard InChI is InChI=1S/C17H17FN2O2S2/c1-13(14-5-3-2-4-6-14)23-17-19-11-12-20(17)24(21,22)16-9-7-15(18)8-10-16/h2-10,13H,11-12H2,1H3/t13-/m0/s1. The third kappa shape index (κ3) is 3.47. The third-order valence-electron chi connectivity index (χ3n) is 3.72. The molecule has 126 valence electrons. The van der Waals surface area contributed by atoms with Gasteiger partial charge in [0.15, 0.2) is 5.17 Å². The van der Waals surface area contributed by atoms with Crippen molar-refractivity contribution in [3.8, 4) is 0 Å². The molecule has 7 heteroatoms. The van der Waals surface area contributed by atoms with Gasteiger partial charge in [-0.05, 0) is 36.8 Å². The second-order valence-electron chi connectivity index (χ2n) is 5.37. The summed E-state index contributed by atoms with van der Waals surface area (Å²) >= 11 is 1.42. The maximum atomic E-state index is 13.1. The molecule has 1 heterocycles. The molecule has 1 atom stereocenters. The minimum absolute atomic E-state index is 0.0754. The Labute approximate surface area is 145 Å². The summed E-state index contributed by atoms with van der Waals surface area (Å²) in [5.74, 6) is -0.462. The molecule has 4 nitrogen and oxygen atoms in total. The Morgan fingerprint density at radius 2 is 1.79 bits per heavy atom. The number of hydrogen-bond acceptors (Lipinski definition) is 4. The quantitative estimate of drug-likeness (QED) is 0.831. The fourth-order valence-electron chi connectivity index (χ4n) is 2.41. The van der Waals surface area contributed by atoms with Crippen LogP contribution in [-0.2, 0) is 10.0 Å². The number of thioether (sulfide) groups is 1. The van der Waals surface area contributed by atoms with Gasteiger partial charge in [0.05, 0.1) is 18.0 Å². The molecule has 0 saturated heterocycles. The monoisotopic (exact) mass is 364 g/mol. The van der Waals surface area contributed by atoms with Crippen molar-refractivity contribution in [3.63, 3.8) is 0 Å². The zero-order valence-electron chi connectivity index (χ0n) is 13.1. The first kappa shape index (κ1) is 17.0. The highest BCUT2D eigenvalue weighted by molar-refractivity contribution is 8.15. The average Bonchev–Trinajstić information content (AvgIpc) is 3.05. The Hall–Kier alpha value is -1.86. The highest BCUT2D eigenvalue weighted by atomic mass is 32.2. The van der Waals surface area contributed by atoms with Gasteiger partial charge in [-0.15, -0.1) is 0 Å². The van der Waals surface area contributed by atoms with E-state index in [1.807, 2.05) is 37.3 Å². The molecule has 24 heavy (non-hydrogen) atoms. The Bertz CT molecular complexity index is 837. The van der Waals surface area contributed by atoms with Crippen LogP contribution in [0.3, 0.4) is 0 Å². The van der Waals surface area contributed by atoms with Crippen LogP contribution in [0.25, 0.3) is 0 Å². The molecule has 0 bridgehead atoms. The predicted octanol–water partition coefficient (Wildman–Crippen LogP) is 3.68. The summed E-state index contributed by atoms with van der Waals surface area (Å²) in [6.45, 7) is 2.76. The summed E-state index contributed by atoms with van der Waals surface area (Å²) < 4.78 is 39.9. The Morgan fingerprint density at radius 1 is 1.12 bits per heavy atom. The number of aliphatic imine (C=N–C) groups is 1. The number of sulfonamides is 1. The Morgan fingerprint density at radius 3 is 2.46 bits per heavy atom. The van der Waals surface area contributed by atoms with E-state index in [0.717, 1.165) is 17.7 Å². The summed E-state index contributed by atoms with van der Waals surface area (Å²) in [4.78, 5) is 4.42. The average molecular weight is 364 g/mol. The van der Waals surface area contributed by atoms with E-state index >= 15 is 0 Å². The van der Waals surface area contributed by atoms with Crippen LogP contribution in [0.1, 0.15) is 17.7 Å². The summed E-state index contributed by atoms with van der Waals surface area (Å²) in [7, 11) is -3.72. The third-order valence-corrected chi connectivity index (χ3v) is 6.82. The lowest BCUT2D eigenvalue weighted by molar-refractivity contribution is 0.539. The van der Waals surface area contributed by atoms with E-state index in [1.165, 1.54) is 28.2 Å². The summed E-state index contributed by atoms with van der Waals surface area (Å²) in [5.41, 5.74) is 1.11. The maximum absolute atomic E-state index is 13.1. The lowest BCUT2D eigenvalue weighted by Gasteiger charge is -2.22. The molecule has 0 aliphatic carbocycles. The molecule has 0 amide bonds. The van der Waals surface area contributed by atoms with Gasteiger partial charge in [-0.1, -0.05) is 42.1 Å². The fourth-order valence-corrected chi connectivity index (χ4v) is 5.14. The molecule has 2 aromatic rings. The second kappa shape index (κ2) is 6.94. The molecule has 0 saturated carbocycles. The van der Waals surface area contributed by atoms with Gasteiger partial charge in [0.1, 0.15) is 5.82 Å². The van der Waals surface area contributed by atoms with Crippen molar-refractivity contribution in [2.45, 2.75) is 17.1 Å². The first-order valence-corrected chi connectivity index (χ1v) is 9.85. The zero-order chi connectivity index (χ0) is 17.2. The van der Waals surface area contributed by atoms with Crippen LogP contribution in [0.15, 0.2) is 64.5 Å². The number of halogens is 1. The van der Waals surface area contributed by atoms with Crippen LogP contribution in [0, 0.1) is 5.82 Å². The van der Waals surface area contributed by atoms with Crippen LogP contribution >= 0.6 is 11.8 Å². The van der Waals surface area contributed by atoms with E-state index < -0.39 is 15.8 Å². The number of benzene rings is 2. The van der Waals surface area contributed by atoms with Crippen molar-refractivity contribution in [1.82, 2.24) is 4.31 Å². The molecule has 0 fully saturated rings. The molecule has 0 unspecified atom stereocenters. The number of amidine groups is 1. The van der Waals surface area contributed by atoms with E-state index in [4.69, 9.17) is 0 Å². The largest absolute Gasteiger partial charge is 0.265 e. The van der Waals surface area contributed by atoms with Crippen molar-refractivity contribution in [3.05, 3.63) is 66.0 Å². The van der Waals surface area contributed by atoms with Crippen molar-refractivity contribution in [2.75, 3.05) is 13.1 Å². The number of rotatable bonds is 4. The number of nitrogens with zero attached hydrogens (tertiary/aromatic N) is 2. The van der Waals surface area contributed by atoms with Crippen LogP contribution in [0.2, 0.25) is 0 Å². The predicted molar refractivity (Wildman–Crippen MR) is 95.0 cm³/mol. The van der Waals surface area contributed by atoms with Crippen molar-refractivity contribution >= 4 is 27.0 Å². The Kier molecular flexibility index (Phi) is 4.91. The summed E-state index contributed by atoms with van der Waals surface area (Å²) in [6, 6.07) is 14.7. The van der Waals surface area contributed by atoms with Crippen molar-refractivity contribution < 1.29 is 12.8 Å². The molecule has 2 aromatic carbocycles. The molecule has 0 aromatic heterocycles. The SMILES string of the molecule is C[C@H](SC1=NCCN1S(=O)(=O)c1ccc(F)cc1)c1ccccc1. The van der Waals surface area contributed by atoms with E-state index in [-0.39, 0.29) is 10.1 Å². The van der Waals surface area contributed by atoms with Gasteiger partial charge in [0, 0.05) is 5.25 Å². The summed E-state index contributed by atoms with van der Waals surface area (Å²) in [5, 5.41) is 0.560. The second-order valence-corrected chi connectivity index (χ2v) is 8.54. The molecule has 1 aliphatic heterocycles. The van der Waals surface area contributed by atoms with Crippen LogP contribution in [-0.4, -0.2) is 31.0 Å². The highest BCUT2D eigenvalue weighted by Gasteiger charge is 2.32. The van der Waals surface area contributed by atoms with E-state index in [2.05, 4.69) is 4.99 Å². The zero-order valence-corrected chi connectivity index (χ0v) is 14.7. The first-order valence-electron chi connectivity index (χ1n) is 7.53. The smallest absolute Gasteiger partial charge is 0.260 e. The number of hydrogen-bond donors (Lipinski definition) is 0. The lowest BCUT2D eigenvalue weighted by atomic mass is 10.2. The minimum Gasteiger partial charge on any atom is -0.260 e. The van der Waals surface area contributed by atoms with Gasteiger partial charge < -0.3 is 0 Å². The lowest BCUT2D eigenvalue weighted by Crippen LogP contribution is -2.33. The van der Waals surface area contributed by atoms with Gasteiger partial charge in [0.25, 0.3) is 10.0 Å². The van der Waals surface area contributed by atoms with E-state index in [9.17, 15) is 12.8 Å². The van der Waals surface area contributed by atoms with Crippen molar-refractivity contribution in [1.29, 1.82) is 0 Å². The molecule has 0 N–H and O–H groups in total. The normalized spacial score (nSPS) is 16.1. The van der Waals surface area contributed by atoms with Crippen LogP contribution < -0.4 is 0 Å². The van der Waals surface area contributed by atoms with Gasteiger partial charge in [-0.2, -0.15) is 0 Å². The Balaban J connectivity index is 1.81. The van der Waals surface area contributed by atoms with Gasteiger partial charge in [0.2, 0.25) is 0 Å². The molecular formula is C17H17FN2O2S2. The van der Waals surface area contributed by atoms with E-state index in [0.29, 0.717) is 18.3 Å². The molecule has 0 radical (unpaired) electrons. The highest BCUT2D eigenvalue weighted by Crippen LogP contribution is 2.33. The van der Waals surface area contributed by atoms with Crippen molar-refractivity contribution in [2.24, 2.45) is 4.99 Å². The maximum Gasteiger partial charge on any atom is 0.265 e. The minimum atomic E-state index is -3.72. The first-order chi connectivity index (χ1) is 11.5. The topological polar surface area (TPSA) is 49.7 Å². The van der Waals surface area contributed by atoms with Gasteiger partial charge >= 0.3 is 0 Å². The van der Waals surface area contributed by atoms with Crippen LogP contribution in [0.5, 0.6) is 0 Å². The summed E-state index contributed by atoms with van der Waals surface area (Å²) in [6.07, 6.45) is 0. The fraction of sp³-hybridized carbons (Fsp3) is 0.235. The van der Waals surface area contributed by atoms with E-state index in [1.54, 1.807) is 0 Å².